The first-order chi connectivity index (χ1) is 9.06. The third kappa shape index (κ3) is 3.87. The molecule has 1 aliphatic rings. The predicted molar refractivity (Wildman–Crippen MR) is 76.7 cm³/mol. The van der Waals surface area contributed by atoms with Crippen molar-refractivity contribution in [1.82, 2.24) is 5.32 Å². The maximum Gasteiger partial charge on any atom is 0.260 e. The number of halogens is 1. The minimum absolute atomic E-state index is 0.0421. The van der Waals surface area contributed by atoms with Gasteiger partial charge in [-0.15, -0.1) is 0 Å². The molecule has 1 saturated carbocycles. The van der Waals surface area contributed by atoms with Crippen molar-refractivity contribution < 1.29 is 9.53 Å². The van der Waals surface area contributed by atoms with Crippen LogP contribution in [0, 0.1) is 6.92 Å². The van der Waals surface area contributed by atoms with Crippen LogP contribution in [-0.4, -0.2) is 18.1 Å². The van der Waals surface area contributed by atoms with Crippen molar-refractivity contribution in [2.24, 2.45) is 0 Å². The van der Waals surface area contributed by atoms with Crippen molar-refractivity contribution >= 4 is 17.5 Å². The van der Waals surface area contributed by atoms with E-state index >= 15 is 0 Å². The van der Waals surface area contributed by atoms with E-state index in [1.54, 1.807) is 19.1 Å². The normalized spacial score (nSPS) is 17.2. The Morgan fingerprint density at radius 1 is 1.42 bits per heavy atom. The van der Waals surface area contributed by atoms with Crippen molar-refractivity contribution in [2.45, 2.75) is 51.7 Å². The number of aryl methyl sites for hydroxylation is 1. The fourth-order valence-electron chi connectivity index (χ4n) is 2.34. The molecule has 1 atom stereocenters. The Labute approximate surface area is 119 Å². The topological polar surface area (TPSA) is 38.3 Å². The summed E-state index contributed by atoms with van der Waals surface area (Å²) in [5.74, 6) is 0.635. The summed E-state index contributed by atoms with van der Waals surface area (Å²) in [6.45, 7) is 3.69. The minimum Gasteiger partial charge on any atom is -0.481 e. The van der Waals surface area contributed by atoms with Crippen LogP contribution in [0.5, 0.6) is 5.75 Å². The first kappa shape index (κ1) is 14.2. The summed E-state index contributed by atoms with van der Waals surface area (Å²) in [5.41, 5.74) is 0.947. The van der Waals surface area contributed by atoms with Crippen LogP contribution >= 0.6 is 11.6 Å². The van der Waals surface area contributed by atoms with Gasteiger partial charge >= 0.3 is 0 Å². The molecule has 2 rings (SSSR count). The number of benzene rings is 1. The van der Waals surface area contributed by atoms with Gasteiger partial charge in [0.2, 0.25) is 0 Å². The first-order valence-corrected chi connectivity index (χ1v) is 7.17. The number of amides is 1. The molecule has 4 heteroatoms. The van der Waals surface area contributed by atoms with Crippen LogP contribution in [0.4, 0.5) is 0 Å². The molecule has 1 aromatic carbocycles. The van der Waals surface area contributed by atoms with E-state index in [1.165, 1.54) is 12.8 Å². The van der Waals surface area contributed by atoms with E-state index in [4.69, 9.17) is 16.3 Å². The van der Waals surface area contributed by atoms with E-state index in [-0.39, 0.29) is 5.91 Å². The largest absolute Gasteiger partial charge is 0.481 e. The summed E-state index contributed by atoms with van der Waals surface area (Å²) in [6, 6.07) is 5.75. The molecule has 1 unspecified atom stereocenters. The van der Waals surface area contributed by atoms with Crippen LogP contribution in [0.15, 0.2) is 18.2 Å². The van der Waals surface area contributed by atoms with Gasteiger partial charge in [0.15, 0.2) is 6.10 Å². The molecule has 1 N–H and O–H groups in total. The number of carbonyl (C=O) groups is 1. The minimum atomic E-state index is -0.485. The summed E-state index contributed by atoms with van der Waals surface area (Å²) in [7, 11) is 0. The number of carbonyl (C=O) groups excluding carboxylic acids is 1. The zero-order valence-corrected chi connectivity index (χ0v) is 12.2. The van der Waals surface area contributed by atoms with Crippen LogP contribution in [0.1, 0.15) is 38.2 Å². The van der Waals surface area contributed by atoms with Crippen molar-refractivity contribution in [3.63, 3.8) is 0 Å². The van der Waals surface area contributed by atoms with E-state index in [0.717, 1.165) is 18.4 Å². The van der Waals surface area contributed by atoms with Gasteiger partial charge in [-0.3, -0.25) is 4.79 Å². The number of hydrogen-bond donors (Lipinski definition) is 1. The van der Waals surface area contributed by atoms with Crippen LogP contribution < -0.4 is 10.1 Å². The van der Waals surface area contributed by atoms with Crippen LogP contribution in [0.25, 0.3) is 0 Å². The van der Waals surface area contributed by atoms with Gasteiger partial charge in [0.25, 0.3) is 5.91 Å². The maximum atomic E-state index is 12.0. The number of nitrogens with one attached hydrogen (secondary N) is 1. The third-order valence-electron chi connectivity index (χ3n) is 3.51. The Kier molecular flexibility index (Phi) is 4.70. The molecular formula is C15H20ClNO2. The summed E-state index contributed by atoms with van der Waals surface area (Å²) in [6.07, 6.45) is 4.09. The molecule has 0 bridgehead atoms. The standard InChI is InChI=1S/C15H20ClNO2/c1-10-9-13(7-8-14(10)16)19-11(2)15(18)17-12-5-3-4-6-12/h7-9,11-12H,3-6H2,1-2H3,(H,17,18). The molecule has 1 aromatic rings. The number of ether oxygens (including phenoxy) is 1. The third-order valence-corrected chi connectivity index (χ3v) is 3.94. The lowest BCUT2D eigenvalue weighted by molar-refractivity contribution is -0.127. The number of rotatable bonds is 4. The van der Waals surface area contributed by atoms with Crippen molar-refractivity contribution in [1.29, 1.82) is 0 Å². The van der Waals surface area contributed by atoms with E-state index < -0.39 is 6.10 Å². The fraction of sp³-hybridized carbons (Fsp3) is 0.533. The molecule has 0 radical (unpaired) electrons. The van der Waals surface area contributed by atoms with Gasteiger partial charge in [0.1, 0.15) is 5.75 Å². The van der Waals surface area contributed by atoms with Gasteiger partial charge < -0.3 is 10.1 Å². The summed E-state index contributed by atoms with van der Waals surface area (Å²) >= 11 is 5.96. The molecule has 0 aromatic heterocycles. The highest BCUT2D eigenvalue weighted by Crippen LogP contribution is 2.22. The summed E-state index contributed by atoms with van der Waals surface area (Å²) in [4.78, 5) is 12.0. The van der Waals surface area contributed by atoms with Gasteiger partial charge in [0.05, 0.1) is 0 Å². The Morgan fingerprint density at radius 2 is 2.11 bits per heavy atom. The van der Waals surface area contributed by atoms with Gasteiger partial charge in [-0.05, 0) is 50.5 Å². The van der Waals surface area contributed by atoms with Crippen LogP contribution in [0.3, 0.4) is 0 Å². The van der Waals surface area contributed by atoms with E-state index in [0.29, 0.717) is 16.8 Å². The zero-order valence-electron chi connectivity index (χ0n) is 11.4. The first-order valence-electron chi connectivity index (χ1n) is 6.79. The molecular weight excluding hydrogens is 262 g/mol. The lowest BCUT2D eigenvalue weighted by atomic mass is 10.2. The van der Waals surface area contributed by atoms with Gasteiger partial charge in [-0.2, -0.15) is 0 Å². The summed E-state index contributed by atoms with van der Waals surface area (Å²) < 4.78 is 5.65. The lowest BCUT2D eigenvalue weighted by Crippen LogP contribution is -2.41. The second kappa shape index (κ2) is 6.29. The molecule has 1 amide bonds. The van der Waals surface area contributed by atoms with Gasteiger partial charge in [-0.1, -0.05) is 24.4 Å². The Hall–Kier alpha value is -1.22. The Morgan fingerprint density at radius 3 is 2.74 bits per heavy atom. The highest BCUT2D eigenvalue weighted by molar-refractivity contribution is 6.31. The highest BCUT2D eigenvalue weighted by atomic mass is 35.5. The molecule has 0 aliphatic heterocycles. The van der Waals surface area contributed by atoms with E-state index in [9.17, 15) is 4.79 Å². The summed E-state index contributed by atoms with van der Waals surface area (Å²) in [5, 5.41) is 3.74. The predicted octanol–water partition coefficient (Wildman–Crippen LogP) is 3.47. The molecule has 1 aliphatic carbocycles. The second-order valence-electron chi connectivity index (χ2n) is 5.16. The van der Waals surface area contributed by atoms with Crippen molar-refractivity contribution in [2.75, 3.05) is 0 Å². The smallest absolute Gasteiger partial charge is 0.260 e. The van der Waals surface area contributed by atoms with Crippen LogP contribution in [0.2, 0.25) is 5.02 Å². The zero-order chi connectivity index (χ0) is 13.8. The fourth-order valence-corrected chi connectivity index (χ4v) is 2.45. The molecule has 0 saturated heterocycles. The van der Waals surface area contributed by atoms with Gasteiger partial charge in [-0.25, -0.2) is 0 Å². The SMILES string of the molecule is Cc1cc(OC(C)C(=O)NC2CCCC2)ccc1Cl. The molecule has 1 fully saturated rings. The average molecular weight is 282 g/mol. The quantitative estimate of drug-likeness (QED) is 0.918. The Bertz CT molecular complexity index is 455. The van der Waals surface area contributed by atoms with Crippen molar-refractivity contribution in [3.05, 3.63) is 28.8 Å². The second-order valence-corrected chi connectivity index (χ2v) is 5.57. The highest BCUT2D eigenvalue weighted by Gasteiger charge is 2.21. The monoisotopic (exact) mass is 281 g/mol. The molecule has 0 heterocycles. The maximum absolute atomic E-state index is 12.0. The molecule has 0 spiro atoms. The molecule has 3 nitrogen and oxygen atoms in total. The van der Waals surface area contributed by atoms with E-state index in [2.05, 4.69) is 5.32 Å². The van der Waals surface area contributed by atoms with E-state index in [1.807, 2.05) is 13.0 Å². The Balaban J connectivity index is 1.90. The molecule has 19 heavy (non-hydrogen) atoms. The average Bonchev–Trinajstić information content (AvgIpc) is 2.86. The number of hydrogen-bond acceptors (Lipinski definition) is 2. The lowest BCUT2D eigenvalue weighted by Gasteiger charge is -2.18. The van der Waals surface area contributed by atoms with Crippen LogP contribution in [-0.2, 0) is 4.79 Å². The van der Waals surface area contributed by atoms with Gasteiger partial charge in [0, 0.05) is 11.1 Å². The van der Waals surface area contributed by atoms with Crippen molar-refractivity contribution in [3.8, 4) is 5.75 Å². The molecule has 104 valence electrons.